The lowest BCUT2D eigenvalue weighted by Gasteiger charge is -2.32. The zero-order valence-corrected chi connectivity index (χ0v) is 18.2. The van der Waals surface area contributed by atoms with Gasteiger partial charge in [0.05, 0.1) is 24.2 Å². The largest absolute Gasteiger partial charge is 0.495 e. The monoisotopic (exact) mass is 430 g/mol. The fourth-order valence-electron chi connectivity index (χ4n) is 3.13. The van der Waals surface area contributed by atoms with Crippen LogP contribution in [0.2, 0.25) is 0 Å². The average Bonchev–Trinajstić information content (AvgIpc) is 3.18. The molecule has 3 rings (SSSR count). The van der Waals surface area contributed by atoms with E-state index >= 15 is 0 Å². The predicted octanol–water partition coefficient (Wildman–Crippen LogP) is 1.82. The molecule has 0 aliphatic carbocycles. The Morgan fingerprint density at radius 1 is 1.10 bits per heavy atom. The molecule has 0 saturated carbocycles. The van der Waals surface area contributed by atoms with Crippen molar-refractivity contribution in [2.75, 3.05) is 52.2 Å². The van der Waals surface area contributed by atoms with Gasteiger partial charge in [0.15, 0.2) is 0 Å². The van der Waals surface area contributed by atoms with E-state index in [0.717, 1.165) is 18.0 Å². The van der Waals surface area contributed by atoms with Crippen LogP contribution in [0.5, 0.6) is 5.75 Å². The van der Waals surface area contributed by atoms with Crippen molar-refractivity contribution in [2.45, 2.75) is 6.92 Å². The molecule has 8 nitrogen and oxygen atoms in total. The molecule has 1 aromatic carbocycles. The van der Waals surface area contributed by atoms with E-state index in [-0.39, 0.29) is 18.4 Å². The van der Waals surface area contributed by atoms with Crippen LogP contribution in [0, 0.1) is 6.92 Å². The summed E-state index contributed by atoms with van der Waals surface area (Å²) in [5.74, 6) is -0.338. The molecule has 2 aromatic rings. The first-order valence-electron chi connectivity index (χ1n) is 9.67. The number of carbonyl (C=O) groups is 3. The van der Waals surface area contributed by atoms with Gasteiger partial charge in [-0.1, -0.05) is 0 Å². The molecule has 0 radical (unpaired) electrons. The molecule has 1 fully saturated rings. The number of carbonyl (C=O) groups excluding carboxylic acids is 3. The number of nitrogens with one attached hydrogen (secondary N) is 2. The fourth-order valence-corrected chi connectivity index (χ4v) is 3.91. The van der Waals surface area contributed by atoms with Gasteiger partial charge < -0.3 is 25.2 Å². The summed E-state index contributed by atoms with van der Waals surface area (Å²) >= 11 is 1.37. The Labute approximate surface area is 179 Å². The first-order valence-corrected chi connectivity index (χ1v) is 10.5. The van der Waals surface area contributed by atoms with Crippen molar-refractivity contribution in [3.8, 4) is 5.75 Å². The quantitative estimate of drug-likeness (QED) is 0.730. The minimum atomic E-state index is -0.404. The standard InChI is InChI=1S/C21H26N4O4S/c1-14-4-7-18(30-14)20(27)22-13-19(26)23-16-12-15(5-6-17(16)29-3)21(28)25-10-8-24(2)9-11-25/h4-7,12H,8-11,13H2,1-3H3,(H,22,27)(H,23,26). The summed E-state index contributed by atoms with van der Waals surface area (Å²) in [5, 5.41) is 5.33. The lowest BCUT2D eigenvalue weighted by Crippen LogP contribution is -2.47. The Morgan fingerprint density at radius 2 is 1.83 bits per heavy atom. The maximum absolute atomic E-state index is 12.8. The predicted molar refractivity (Wildman–Crippen MR) is 116 cm³/mol. The number of methoxy groups -OCH3 is 1. The van der Waals surface area contributed by atoms with Crippen LogP contribution in [0.25, 0.3) is 0 Å². The Morgan fingerprint density at radius 3 is 2.47 bits per heavy atom. The molecule has 0 unspecified atom stereocenters. The molecule has 1 aliphatic rings. The summed E-state index contributed by atoms with van der Waals surface area (Å²) in [6.07, 6.45) is 0. The zero-order valence-electron chi connectivity index (χ0n) is 17.4. The highest BCUT2D eigenvalue weighted by Crippen LogP contribution is 2.26. The lowest BCUT2D eigenvalue weighted by atomic mass is 10.1. The van der Waals surface area contributed by atoms with Gasteiger partial charge in [0.25, 0.3) is 11.8 Å². The van der Waals surface area contributed by atoms with Crippen LogP contribution in [0.3, 0.4) is 0 Å². The van der Waals surface area contributed by atoms with Crippen LogP contribution in [0.1, 0.15) is 24.9 Å². The fraction of sp³-hybridized carbons (Fsp3) is 0.381. The van der Waals surface area contributed by atoms with Crippen molar-refractivity contribution in [3.05, 3.63) is 45.6 Å². The summed E-state index contributed by atoms with van der Waals surface area (Å²) in [4.78, 5) is 42.9. The number of rotatable bonds is 6. The molecule has 0 atom stereocenters. The van der Waals surface area contributed by atoms with Crippen LogP contribution < -0.4 is 15.4 Å². The molecule has 3 amide bonds. The van der Waals surface area contributed by atoms with E-state index in [1.165, 1.54) is 18.4 Å². The van der Waals surface area contributed by atoms with Crippen LogP contribution in [-0.2, 0) is 4.79 Å². The summed E-state index contributed by atoms with van der Waals surface area (Å²) in [5.41, 5.74) is 0.873. The van der Waals surface area contributed by atoms with Crippen molar-refractivity contribution in [1.29, 1.82) is 0 Å². The Bertz CT molecular complexity index is 935. The Hall–Kier alpha value is -2.91. The van der Waals surface area contributed by atoms with Crippen molar-refractivity contribution >= 4 is 34.7 Å². The summed E-state index contributed by atoms with van der Waals surface area (Å²) < 4.78 is 5.31. The minimum Gasteiger partial charge on any atom is -0.495 e. The van der Waals surface area contributed by atoms with Gasteiger partial charge >= 0.3 is 0 Å². The maximum atomic E-state index is 12.8. The van der Waals surface area contributed by atoms with Gasteiger partial charge in [-0.3, -0.25) is 14.4 Å². The van der Waals surface area contributed by atoms with Gasteiger partial charge in [-0.15, -0.1) is 11.3 Å². The van der Waals surface area contributed by atoms with E-state index in [0.29, 0.717) is 35.0 Å². The van der Waals surface area contributed by atoms with Crippen molar-refractivity contribution < 1.29 is 19.1 Å². The SMILES string of the molecule is COc1ccc(C(=O)N2CCN(C)CC2)cc1NC(=O)CNC(=O)c1ccc(C)s1. The molecular formula is C21H26N4O4S. The molecule has 0 spiro atoms. The number of thiophene rings is 1. The molecule has 160 valence electrons. The number of benzene rings is 1. The van der Waals surface area contributed by atoms with Crippen LogP contribution >= 0.6 is 11.3 Å². The lowest BCUT2D eigenvalue weighted by molar-refractivity contribution is -0.115. The zero-order chi connectivity index (χ0) is 21.7. The Kier molecular flexibility index (Phi) is 7.07. The highest BCUT2D eigenvalue weighted by molar-refractivity contribution is 7.13. The number of hydrogen-bond donors (Lipinski definition) is 2. The second-order valence-electron chi connectivity index (χ2n) is 7.15. The van der Waals surface area contributed by atoms with Gasteiger partial charge in [-0.2, -0.15) is 0 Å². The first kappa shape index (κ1) is 21.8. The van der Waals surface area contributed by atoms with E-state index in [9.17, 15) is 14.4 Å². The average molecular weight is 431 g/mol. The van der Waals surface area contributed by atoms with E-state index in [4.69, 9.17) is 4.74 Å². The van der Waals surface area contributed by atoms with Crippen LogP contribution in [-0.4, -0.2) is 74.4 Å². The molecule has 9 heteroatoms. The third-order valence-corrected chi connectivity index (χ3v) is 5.88. The number of hydrogen-bond acceptors (Lipinski definition) is 6. The molecule has 30 heavy (non-hydrogen) atoms. The topological polar surface area (TPSA) is 91.0 Å². The number of ether oxygens (including phenoxy) is 1. The number of likely N-dealkylation sites (N-methyl/N-ethyl adjacent to an activating group) is 1. The van der Waals surface area contributed by atoms with E-state index in [2.05, 4.69) is 15.5 Å². The second-order valence-corrected chi connectivity index (χ2v) is 8.44. The summed E-state index contributed by atoms with van der Waals surface area (Å²) in [6.45, 7) is 4.71. The van der Waals surface area contributed by atoms with E-state index in [1.807, 2.05) is 20.0 Å². The van der Waals surface area contributed by atoms with E-state index < -0.39 is 5.91 Å². The third-order valence-electron chi connectivity index (χ3n) is 4.88. The molecule has 1 aromatic heterocycles. The van der Waals surface area contributed by atoms with Gasteiger partial charge in [0.2, 0.25) is 5.91 Å². The maximum Gasteiger partial charge on any atom is 0.261 e. The first-order chi connectivity index (χ1) is 14.4. The third kappa shape index (κ3) is 5.37. The summed E-state index contributed by atoms with van der Waals surface area (Å²) in [7, 11) is 3.52. The van der Waals surface area contributed by atoms with Crippen molar-refractivity contribution in [1.82, 2.24) is 15.1 Å². The van der Waals surface area contributed by atoms with E-state index in [1.54, 1.807) is 29.2 Å². The van der Waals surface area contributed by atoms with Gasteiger partial charge in [-0.25, -0.2) is 0 Å². The number of piperazine rings is 1. The van der Waals surface area contributed by atoms with Crippen molar-refractivity contribution in [2.24, 2.45) is 0 Å². The number of aryl methyl sites for hydroxylation is 1. The number of anilines is 1. The summed E-state index contributed by atoms with van der Waals surface area (Å²) in [6, 6.07) is 8.54. The molecular weight excluding hydrogens is 404 g/mol. The highest BCUT2D eigenvalue weighted by atomic mass is 32.1. The molecule has 0 bridgehead atoms. The molecule has 1 aliphatic heterocycles. The molecule has 1 saturated heterocycles. The Balaban J connectivity index is 1.64. The highest BCUT2D eigenvalue weighted by Gasteiger charge is 2.21. The van der Waals surface area contributed by atoms with Gasteiger partial charge in [0, 0.05) is 36.6 Å². The molecule has 2 N–H and O–H groups in total. The number of nitrogens with zero attached hydrogens (tertiary/aromatic N) is 2. The van der Waals surface area contributed by atoms with Gasteiger partial charge in [0.1, 0.15) is 5.75 Å². The molecule has 2 heterocycles. The van der Waals surface area contributed by atoms with Crippen LogP contribution in [0.4, 0.5) is 5.69 Å². The smallest absolute Gasteiger partial charge is 0.261 e. The van der Waals surface area contributed by atoms with Crippen molar-refractivity contribution in [3.63, 3.8) is 0 Å². The van der Waals surface area contributed by atoms with Gasteiger partial charge in [-0.05, 0) is 44.3 Å². The van der Waals surface area contributed by atoms with Crippen LogP contribution in [0.15, 0.2) is 30.3 Å². The second kappa shape index (κ2) is 9.73. The normalized spacial score (nSPS) is 14.3. The minimum absolute atomic E-state index is 0.0809. The number of amides is 3.